The van der Waals surface area contributed by atoms with Crippen LogP contribution >= 0.6 is 0 Å². The SMILES string of the molecule is O=C(CCCCCn1cccc1)Nc1ccc2nc[nH]c2c1. The van der Waals surface area contributed by atoms with Gasteiger partial charge in [-0.2, -0.15) is 0 Å². The minimum absolute atomic E-state index is 0.0693. The van der Waals surface area contributed by atoms with E-state index in [0.717, 1.165) is 42.5 Å². The summed E-state index contributed by atoms with van der Waals surface area (Å²) in [7, 11) is 0. The van der Waals surface area contributed by atoms with Gasteiger partial charge in [-0.05, 0) is 43.2 Å². The Morgan fingerprint density at radius 2 is 2.05 bits per heavy atom. The molecule has 0 aliphatic rings. The third-order valence-corrected chi connectivity index (χ3v) is 3.69. The molecule has 0 atom stereocenters. The Morgan fingerprint density at radius 3 is 2.91 bits per heavy atom. The highest BCUT2D eigenvalue weighted by Crippen LogP contribution is 2.16. The zero-order valence-corrected chi connectivity index (χ0v) is 12.5. The molecule has 0 bridgehead atoms. The molecule has 1 aromatic carbocycles. The molecule has 0 fully saturated rings. The number of hydrogen-bond acceptors (Lipinski definition) is 2. The minimum atomic E-state index is 0.0693. The van der Waals surface area contributed by atoms with E-state index in [-0.39, 0.29) is 5.91 Å². The van der Waals surface area contributed by atoms with Crippen LogP contribution in [0.25, 0.3) is 11.0 Å². The van der Waals surface area contributed by atoms with Crippen LogP contribution in [0, 0.1) is 0 Å². The molecule has 2 heterocycles. The summed E-state index contributed by atoms with van der Waals surface area (Å²) in [5.41, 5.74) is 2.65. The van der Waals surface area contributed by atoms with Crippen molar-refractivity contribution in [2.75, 3.05) is 5.32 Å². The van der Waals surface area contributed by atoms with Gasteiger partial charge in [-0.15, -0.1) is 0 Å². The van der Waals surface area contributed by atoms with E-state index >= 15 is 0 Å². The lowest BCUT2D eigenvalue weighted by molar-refractivity contribution is -0.116. The topological polar surface area (TPSA) is 62.7 Å². The second-order valence-corrected chi connectivity index (χ2v) is 5.41. The molecule has 0 saturated carbocycles. The van der Waals surface area contributed by atoms with E-state index in [1.165, 1.54) is 0 Å². The van der Waals surface area contributed by atoms with Crippen molar-refractivity contribution in [3.05, 3.63) is 49.1 Å². The van der Waals surface area contributed by atoms with Crippen molar-refractivity contribution in [1.29, 1.82) is 0 Å². The first-order valence-corrected chi connectivity index (χ1v) is 7.65. The largest absolute Gasteiger partial charge is 0.354 e. The maximum absolute atomic E-state index is 11.9. The number of nitrogens with zero attached hydrogens (tertiary/aromatic N) is 2. The first-order valence-electron chi connectivity index (χ1n) is 7.65. The standard InChI is InChI=1S/C17H20N4O/c22-17(6-2-1-3-9-21-10-4-5-11-21)20-14-7-8-15-16(12-14)19-13-18-15/h4-5,7-8,10-13H,1-3,6,9H2,(H,18,19)(H,20,22). The van der Waals surface area contributed by atoms with E-state index in [0.29, 0.717) is 6.42 Å². The fourth-order valence-electron chi connectivity index (χ4n) is 2.51. The molecule has 3 rings (SSSR count). The molecule has 2 aromatic heterocycles. The van der Waals surface area contributed by atoms with E-state index in [9.17, 15) is 4.79 Å². The van der Waals surface area contributed by atoms with Gasteiger partial charge in [0.25, 0.3) is 0 Å². The number of carbonyl (C=O) groups is 1. The van der Waals surface area contributed by atoms with Crippen molar-refractivity contribution < 1.29 is 4.79 Å². The highest BCUT2D eigenvalue weighted by molar-refractivity contribution is 5.92. The summed E-state index contributed by atoms with van der Waals surface area (Å²) in [6, 6.07) is 9.76. The number of unbranched alkanes of at least 4 members (excludes halogenated alkanes) is 2. The second kappa shape index (κ2) is 6.93. The molecule has 114 valence electrons. The summed E-state index contributed by atoms with van der Waals surface area (Å²) >= 11 is 0. The van der Waals surface area contributed by atoms with Gasteiger partial charge >= 0.3 is 0 Å². The maximum atomic E-state index is 11.9. The molecule has 0 aliphatic carbocycles. The van der Waals surface area contributed by atoms with E-state index < -0.39 is 0 Å². The molecule has 3 aromatic rings. The molecule has 2 N–H and O–H groups in total. The number of amides is 1. The van der Waals surface area contributed by atoms with Gasteiger partial charge in [-0.1, -0.05) is 6.42 Å². The number of rotatable bonds is 7. The molecule has 0 radical (unpaired) electrons. The molecule has 5 heteroatoms. The van der Waals surface area contributed by atoms with E-state index in [1.807, 2.05) is 30.3 Å². The van der Waals surface area contributed by atoms with Crippen LogP contribution in [0.4, 0.5) is 5.69 Å². The van der Waals surface area contributed by atoms with Crippen LogP contribution in [0.2, 0.25) is 0 Å². The van der Waals surface area contributed by atoms with E-state index in [2.05, 4.69) is 32.2 Å². The number of aromatic amines is 1. The van der Waals surface area contributed by atoms with Gasteiger partial charge in [0.1, 0.15) is 0 Å². The highest BCUT2D eigenvalue weighted by Gasteiger charge is 2.04. The van der Waals surface area contributed by atoms with E-state index in [1.54, 1.807) is 6.33 Å². The first-order chi connectivity index (χ1) is 10.8. The second-order valence-electron chi connectivity index (χ2n) is 5.41. The third-order valence-electron chi connectivity index (χ3n) is 3.69. The van der Waals surface area contributed by atoms with Crippen LogP contribution in [0.3, 0.4) is 0 Å². The summed E-state index contributed by atoms with van der Waals surface area (Å²) in [6.45, 7) is 1.02. The minimum Gasteiger partial charge on any atom is -0.354 e. The van der Waals surface area contributed by atoms with Crippen molar-refractivity contribution in [2.45, 2.75) is 32.2 Å². The van der Waals surface area contributed by atoms with Crippen molar-refractivity contribution in [3.8, 4) is 0 Å². The molecule has 0 unspecified atom stereocenters. The van der Waals surface area contributed by atoms with Crippen LogP contribution < -0.4 is 5.32 Å². The lowest BCUT2D eigenvalue weighted by atomic mass is 10.2. The average Bonchev–Trinajstić information content (AvgIpc) is 3.17. The number of anilines is 1. The monoisotopic (exact) mass is 296 g/mol. The number of nitrogens with one attached hydrogen (secondary N) is 2. The highest BCUT2D eigenvalue weighted by atomic mass is 16.1. The fourth-order valence-corrected chi connectivity index (χ4v) is 2.51. The molecule has 5 nitrogen and oxygen atoms in total. The smallest absolute Gasteiger partial charge is 0.224 e. The Morgan fingerprint density at radius 1 is 1.18 bits per heavy atom. The lowest BCUT2D eigenvalue weighted by Gasteiger charge is -2.06. The Labute approximate surface area is 129 Å². The van der Waals surface area contributed by atoms with Gasteiger partial charge in [0.05, 0.1) is 17.4 Å². The van der Waals surface area contributed by atoms with Crippen molar-refractivity contribution >= 4 is 22.6 Å². The molecule has 22 heavy (non-hydrogen) atoms. The maximum Gasteiger partial charge on any atom is 0.224 e. The lowest BCUT2D eigenvalue weighted by Crippen LogP contribution is -2.11. The molecule has 0 spiro atoms. The van der Waals surface area contributed by atoms with Crippen molar-refractivity contribution in [1.82, 2.24) is 14.5 Å². The van der Waals surface area contributed by atoms with Gasteiger partial charge in [0.15, 0.2) is 0 Å². The average molecular weight is 296 g/mol. The number of carbonyl (C=O) groups excluding carboxylic acids is 1. The third kappa shape index (κ3) is 3.75. The summed E-state index contributed by atoms with van der Waals surface area (Å²) in [4.78, 5) is 19.1. The quantitative estimate of drug-likeness (QED) is 0.655. The number of fused-ring (bicyclic) bond motifs is 1. The van der Waals surface area contributed by atoms with E-state index in [4.69, 9.17) is 0 Å². The summed E-state index contributed by atoms with van der Waals surface area (Å²) < 4.78 is 2.17. The van der Waals surface area contributed by atoms with Gasteiger partial charge in [-0.25, -0.2) is 4.98 Å². The molecule has 0 aliphatic heterocycles. The number of benzene rings is 1. The predicted octanol–water partition coefficient (Wildman–Crippen LogP) is 3.56. The fraction of sp³-hybridized carbons (Fsp3) is 0.294. The van der Waals surface area contributed by atoms with Gasteiger partial charge < -0.3 is 14.9 Å². The Kier molecular flexibility index (Phi) is 4.53. The van der Waals surface area contributed by atoms with Gasteiger partial charge in [0.2, 0.25) is 5.91 Å². The van der Waals surface area contributed by atoms with Crippen LogP contribution in [0.15, 0.2) is 49.1 Å². The summed E-state index contributed by atoms with van der Waals surface area (Å²) in [5, 5.41) is 2.94. The Bertz CT molecular complexity index is 730. The van der Waals surface area contributed by atoms with Gasteiger partial charge in [0, 0.05) is 31.0 Å². The molecular formula is C17H20N4O. The normalized spacial score (nSPS) is 10.9. The van der Waals surface area contributed by atoms with Crippen LogP contribution in [-0.2, 0) is 11.3 Å². The van der Waals surface area contributed by atoms with Crippen LogP contribution in [0.5, 0.6) is 0 Å². The number of aromatic nitrogens is 3. The van der Waals surface area contributed by atoms with Crippen molar-refractivity contribution in [3.63, 3.8) is 0 Å². The van der Waals surface area contributed by atoms with Crippen molar-refractivity contribution in [2.24, 2.45) is 0 Å². The molecular weight excluding hydrogens is 276 g/mol. The van der Waals surface area contributed by atoms with Crippen LogP contribution in [0.1, 0.15) is 25.7 Å². The molecule has 0 saturated heterocycles. The number of imidazole rings is 1. The predicted molar refractivity (Wildman–Crippen MR) is 87.6 cm³/mol. The zero-order valence-electron chi connectivity index (χ0n) is 12.5. The number of aryl methyl sites for hydroxylation is 1. The number of hydrogen-bond donors (Lipinski definition) is 2. The molecule has 1 amide bonds. The first kappa shape index (κ1) is 14.4. The summed E-state index contributed by atoms with van der Waals surface area (Å²) in [6.07, 6.45) is 9.43. The Hall–Kier alpha value is -2.56. The van der Waals surface area contributed by atoms with Gasteiger partial charge in [-0.3, -0.25) is 4.79 Å². The Balaban J connectivity index is 1.38. The van der Waals surface area contributed by atoms with Crippen LogP contribution in [-0.4, -0.2) is 20.4 Å². The summed E-state index contributed by atoms with van der Waals surface area (Å²) in [5.74, 6) is 0.0693. The number of H-pyrrole nitrogens is 1. The zero-order chi connectivity index (χ0) is 15.2.